The van der Waals surface area contributed by atoms with Crippen LogP contribution < -0.4 is 5.73 Å². The third-order valence-corrected chi connectivity index (χ3v) is 3.48. The molecule has 2 atom stereocenters. The quantitative estimate of drug-likeness (QED) is 0.682. The summed E-state index contributed by atoms with van der Waals surface area (Å²) in [5.74, 6) is -0.214. The van der Waals surface area contributed by atoms with Crippen molar-refractivity contribution in [3.63, 3.8) is 0 Å². The van der Waals surface area contributed by atoms with Crippen molar-refractivity contribution in [2.24, 2.45) is 11.7 Å². The molecular weight excluding hydrogens is 234 g/mol. The summed E-state index contributed by atoms with van der Waals surface area (Å²) in [7, 11) is 3.34. The Hall–Kier alpha value is -1.14. The maximum atomic E-state index is 12.2. The maximum absolute atomic E-state index is 12.2. The molecule has 1 heterocycles. The fraction of sp³-hybridized carbons (Fsp3) is 0.833. The molecule has 0 bridgehead atoms. The van der Waals surface area contributed by atoms with E-state index in [1.807, 2.05) is 6.92 Å². The highest BCUT2D eigenvalue weighted by atomic mass is 16.5. The van der Waals surface area contributed by atoms with E-state index in [-0.39, 0.29) is 23.8 Å². The van der Waals surface area contributed by atoms with Crippen LogP contribution >= 0.6 is 0 Å². The average molecular weight is 257 g/mol. The zero-order valence-electron chi connectivity index (χ0n) is 11.4. The summed E-state index contributed by atoms with van der Waals surface area (Å²) < 4.78 is 4.95. The van der Waals surface area contributed by atoms with Gasteiger partial charge in [-0.05, 0) is 6.92 Å². The number of carbonyl (C=O) groups excluding carboxylic acids is 2. The van der Waals surface area contributed by atoms with Crippen molar-refractivity contribution in [2.45, 2.75) is 19.4 Å². The monoisotopic (exact) mass is 257 g/mol. The predicted octanol–water partition coefficient (Wildman–Crippen LogP) is -0.713. The Balaban J connectivity index is 2.54. The lowest BCUT2D eigenvalue weighted by atomic mass is 10.1. The van der Waals surface area contributed by atoms with Gasteiger partial charge in [-0.25, -0.2) is 0 Å². The van der Waals surface area contributed by atoms with Gasteiger partial charge in [-0.1, -0.05) is 0 Å². The molecule has 1 saturated heterocycles. The summed E-state index contributed by atoms with van der Waals surface area (Å²) in [5, 5.41) is 0. The molecule has 104 valence electrons. The number of ether oxygens (including phenoxy) is 1. The second-order valence-electron chi connectivity index (χ2n) is 4.77. The smallest absolute Gasteiger partial charge is 0.228 e. The Bertz CT molecular complexity index is 309. The Morgan fingerprint density at radius 1 is 1.67 bits per heavy atom. The molecule has 0 aromatic carbocycles. The molecule has 0 aromatic heterocycles. The molecule has 2 unspecified atom stereocenters. The van der Waals surface area contributed by atoms with Crippen molar-refractivity contribution in [2.75, 3.05) is 40.4 Å². The topological polar surface area (TPSA) is 75.9 Å². The molecule has 2 amide bonds. The number of hydrogen-bond acceptors (Lipinski definition) is 4. The van der Waals surface area contributed by atoms with Crippen LogP contribution in [0.1, 0.15) is 13.3 Å². The van der Waals surface area contributed by atoms with Gasteiger partial charge in [0.05, 0.1) is 12.5 Å². The SMILES string of the molecule is COCCN1CC(C(=O)N(C)C(C)CN)CC1=O. The van der Waals surface area contributed by atoms with Crippen LogP contribution in [0.3, 0.4) is 0 Å². The molecule has 1 rings (SSSR count). The third kappa shape index (κ3) is 3.43. The molecule has 18 heavy (non-hydrogen) atoms. The third-order valence-electron chi connectivity index (χ3n) is 3.48. The van der Waals surface area contributed by atoms with E-state index >= 15 is 0 Å². The Kier molecular flexibility index (Phi) is 5.55. The first kappa shape index (κ1) is 14.9. The first-order chi connectivity index (χ1) is 8.51. The maximum Gasteiger partial charge on any atom is 0.228 e. The Labute approximate surface area is 108 Å². The fourth-order valence-corrected chi connectivity index (χ4v) is 2.02. The van der Waals surface area contributed by atoms with E-state index < -0.39 is 0 Å². The van der Waals surface area contributed by atoms with E-state index in [0.717, 1.165) is 0 Å². The lowest BCUT2D eigenvalue weighted by Gasteiger charge is -2.26. The van der Waals surface area contributed by atoms with Crippen LogP contribution in [0.15, 0.2) is 0 Å². The molecule has 6 nitrogen and oxygen atoms in total. The van der Waals surface area contributed by atoms with E-state index in [0.29, 0.717) is 32.7 Å². The van der Waals surface area contributed by atoms with Crippen LogP contribution in [-0.2, 0) is 14.3 Å². The first-order valence-corrected chi connectivity index (χ1v) is 6.24. The zero-order valence-corrected chi connectivity index (χ0v) is 11.4. The van der Waals surface area contributed by atoms with Gasteiger partial charge in [-0.3, -0.25) is 9.59 Å². The molecular formula is C12H23N3O3. The average Bonchev–Trinajstić information content (AvgIpc) is 2.74. The number of likely N-dealkylation sites (N-methyl/N-ethyl adjacent to an activating group) is 1. The minimum absolute atomic E-state index is 0.000581. The summed E-state index contributed by atoms with van der Waals surface area (Å²) in [5.41, 5.74) is 5.54. The van der Waals surface area contributed by atoms with Crippen molar-refractivity contribution in [1.82, 2.24) is 9.80 Å². The van der Waals surface area contributed by atoms with Gasteiger partial charge in [-0.2, -0.15) is 0 Å². The second kappa shape index (κ2) is 6.70. The number of carbonyl (C=O) groups is 2. The predicted molar refractivity (Wildman–Crippen MR) is 67.8 cm³/mol. The van der Waals surface area contributed by atoms with E-state index in [2.05, 4.69) is 0 Å². The highest BCUT2D eigenvalue weighted by Crippen LogP contribution is 2.20. The molecule has 0 spiro atoms. The molecule has 1 aliphatic rings. The molecule has 0 aromatic rings. The minimum atomic E-state index is -0.242. The number of amides is 2. The molecule has 0 aliphatic carbocycles. The first-order valence-electron chi connectivity index (χ1n) is 6.24. The molecule has 1 fully saturated rings. The van der Waals surface area contributed by atoms with Crippen LogP contribution in [0.2, 0.25) is 0 Å². The van der Waals surface area contributed by atoms with Crippen molar-refractivity contribution >= 4 is 11.8 Å². The molecule has 2 N–H and O–H groups in total. The van der Waals surface area contributed by atoms with Gasteiger partial charge in [0.25, 0.3) is 0 Å². The number of methoxy groups -OCH3 is 1. The highest BCUT2D eigenvalue weighted by Gasteiger charge is 2.36. The van der Waals surface area contributed by atoms with E-state index in [4.69, 9.17) is 10.5 Å². The normalized spacial score (nSPS) is 21.2. The summed E-state index contributed by atoms with van der Waals surface area (Å²) in [6, 6.07) is 0.000581. The summed E-state index contributed by atoms with van der Waals surface area (Å²) in [6.45, 7) is 3.87. The van der Waals surface area contributed by atoms with Crippen LogP contribution in [0.4, 0.5) is 0 Å². The molecule has 0 radical (unpaired) electrons. The van der Waals surface area contributed by atoms with Gasteiger partial charge in [0.15, 0.2) is 0 Å². The van der Waals surface area contributed by atoms with Gasteiger partial charge < -0.3 is 20.3 Å². The van der Waals surface area contributed by atoms with Crippen LogP contribution in [0, 0.1) is 5.92 Å². The summed E-state index contributed by atoms with van der Waals surface area (Å²) in [4.78, 5) is 27.2. The van der Waals surface area contributed by atoms with Crippen LogP contribution in [0.25, 0.3) is 0 Å². The minimum Gasteiger partial charge on any atom is -0.383 e. The lowest BCUT2D eigenvalue weighted by molar-refractivity contribution is -0.136. The number of rotatable bonds is 6. The van der Waals surface area contributed by atoms with E-state index in [1.54, 1.807) is 24.0 Å². The van der Waals surface area contributed by atoms with Gasteiger partial charge in [0.1, 0.15) is 0 Å². The lowest BCUT2D eigenvalue weighted by Crippen LogP contribution is -2.43. The van der Waals surface area contributed by atoms with Crippen molar-refractivity contribution in [3.8, 4) is 0 Å². The van der Waals surface area contributed by atoms with Gasteiger partial charge in [0.2, 0.25) is 11.8 Å². The largest absolute Gasteiger partial charge is 0.383 e. The molecule has 1 aliphatic heterocycles. The van der Waals surface area contributed by atoms with Gasteiger partial charge in [0, 0.05) is 46.3 Å². The van der Waals surface area contributed by atoms with Crippen LogP contribution in [0.5, 0.6) is 0 Å². The number of nitrogens with two attached hydrogens (primary N) is 1. The van der Waals surface area contributed by atoms with Gasteiger partial charge >= 0.3 is 0 Å². The highest BCUT2D eigenvalue weighted by molar-refractivity contribution is 5.89. The summed E-state index contributed by atoms with van der Waals surface area (Å²) in [6.07, 6.45) is 0.296. The number of likely N-dealkylation sites (tertiary alicyclic amines) is 1. The fourth-order valence-electron chi connectivity index (χ4n) is 2.02. The molecule has 6 heteroatoms. The van der Waals surface area contributed by atoms with Crippen molar-refractivity contribution in [1.29, 1.82) is 0 Å². The van der Waals surface area contributed by atoms with Crippen molar-refractivity contribution in [3.05, 3.63) is 0 Å². The number of nitrogens with zero attached hydrogens (tertiary/aromatic N) is 2. The number of hydrogen-bond donors (Lipinski definition) is 1. The Morgan fingerprint density at radius 3 is 2.89 bits per heavy atom. The second-order valence-corrected chi connectivity index (χ2v) is 4.77. The van der Waals surface area contributed by atoms with E-state index in [9.17, 15) is 9.59 Å². The standard InChI is InChI=1S/C12H23N3O3/c1-9(7-13)14(2)12(17)10-6-11(16)15(8-10)4-5-18-3/h9-10H,4-8,13H2,1-3H3. The van der Waals surface area contributed by atoms with Crippen LogP contribution in [-0.4, -0.2) is 68.1 Å². The van der Waals surface area contributed by atoms with E-state index in [1.165, 1.54) is 0 Å². The van der Waals surface area contributed by atoms with Crippen molar-refractivity contribution < 1.29 is 14.3 Å². The Morgan fingerprint density at radius 2 is 2.33 bits per heavy atom. The molecule has 0 saturated carbocycles. The van der Waals surface area contributed by atoms with Gasteiger partial charge in [-0.15, -0.1) is 0 Å². The zero-order chi connectivity index (χ0) is 13.7. The summed E-state index contributed by atoms with van der Waals surface area (Å²) >= 11 is 0.